The van der Waals surface area contributed by atoms with Crippen LogP contribution in [0.3, 0.4) is 0 Å². The first-order chi connectivity index (χ1) is 12.3. The van der Waals surface area contributed by atoms with Gasteiger partial charge in [-0.05, 0) is 38.4 Å². The number of benzene rings is 1. The molecule has 5 nitrogen and oxygen atoms in total. The summed E-state index contributed by atoms with van der Waals surface area (Å²) in [5, 5.41) is 2.48. The molecule has 0 unspecified atom stereocenters. The second kappa shape index (κ2) is 7.26. The van der Waals surface area contributed by atoms with Crippen molar-refractivity contribution in [3.05, 3.63) is 24.3 Å². The second-order valence-corrected chi connectivity index (χ2v) is 6.91. The third-order valence-corrected chi connectivity index (χ3v) is 5.05. The van der Waals surface area contributed by atoms with E-state index in [1.807, 2.05) is 11.8 Å². The van der Waals surface area contributed by atoms with E-state index in [2.05, 4.69) is 5.32 Å². The summed E-state index contributed by atoms with van der Waals surface area (Å²) in [4.78, 5) is 27.6. The quantitative estimate of drug-likeness (QED) is 0.871. The van der Waals surface area contributed by atoms with E-state index in [1.54, 1.807) is 12.1 Å². The second-order valence-electron chi connectivity index (χ2n) is 6.91. The number of rotatable bonds is 2. The number of hydrogen-bond acceptors (Lipinski definition) is 3. The van der Waals surface area contributed by atoms with Crippen molar-refractivity contribution in [3.63, 3.8) is 0 Å². The number of hydrogen-bond donors (Lipinski definition) is 1. The molecular weight excluding hydrogens is 347 g/mol. The predicted octanol–water partition coefficient (Wildman–Crippen LogP) is 3.17. The molecule has 0 spiro atoms. The standard InChI is InChI=1S/C18H22F3N3O2/c1-12-6-4-5-9-23(12)11-17(26)24-14-8-3-2-7-13(14)22-16(25)10-15(24)18(19,20)21/h2-3,7-8,12,15H,4-6,9-11H2,1H3,(H,22,25)/t12-,15-/m1/s1. The van der Waals surface area contributed by atoms with Crippen LogP contribution in [-0.4, -0.2) is 48.1 Å². The Morgan fingerprint density at radius 3 is 2.69 bits per heavy atom. The Bertz CT molecular complexity index is 693. The van der Waals surface area contributed by atoms with Crippen molar-refractivity contribution in [3.8, 4) is 0 Å². The van der Waals surface area contributed by atoms with Gasteiger partial charge < -0.3 is 5.32 Å². The summed E-state index contributed by atoms with van der Waals surface area (Å²) >= 11 is 0. The van der Waals surface area contributed by atoms with Gasteiger partial charge in [0.05, 0.1) is 24.3 Å². The zero-order chi connectivity index (χ0) is 18.9. The van der Waals surface area contributed by atoms with E-state index < -0.39 is 30.5 Å². The molecule has 1 fully saturated rings. The van der Waals surface area contributed by atoms with Crippen LogP contribution < -0.4 is 10.2 Å². The molecule has 8 heteroatoms. The van der Waals surface area contributed by atoms with E-state index in [0.29, 0.717) is 6.54 Å². The Hall–Kier alpha value is -2.09. The fourth-order valence-electron chi connectivity index (χ4n) is 3.64. The Kier molecular flexibility index (Phi) is 5.22. The average Bonchev–Trinajstić information content (AvgIpc) is 2.72. The number of carbonyl (C=O) groups excluding carboxylic acids is 2. The van der Waals surface area contributed by atoms with Gasteiger partial charge in [-0.1, -0.05) is 18.6 Å². The summed E-state index contributed by atoms with van der Waals surface area (Å²) in [6.45, 7) is 2.58. The van der Waals surface area contributed by atoms with E-state index in [0.717, 1.165) is 24.2 Å². The maximum absolute atomic E-state index is 13.7. The molecule has 2 aliphatic rings. The Morgan fingerprint density at radius 2 is 2.00 bits per heavy atom. The van der Waals surface area contributed by atoms with Crippen LogP contribution in [0.5, 0.6) is 0 Å². The monoisotopic (exact) mass is 369 g/mol. The molecule has 0 bridgehead atoms. The Labute approximate surface area is 150 Å². The molecule has 1 aromatic rings. The fourth-order valence-corrected chi connectivity index (χ4v) is 3.64. The number of para-hydroxylation sites is 2. The molecule has 0 aromatic heterocycles. The van der Waals surface area contributed by atoms with E-state index in [1.165, 1.54) is 12.1 Å². The summed E-state index contributed by atoms with van der Waals surface area (Å²) in [5.41, 5.74) is 0.319. The van der Waals surface area contributed by atoms with Gasteiger partial charge in [0.2, 0.25) is 11.8 Å². The molecule has 2 aliphatic heterocycles. The molecule has 2 amide bonds. The van der Waals surface area contributed by atoms with Gasteiger partial charge >= 0.3 is 6.18 Å². The summed E-state index contributed by atoms with van der Waals surface area (Å²) in [6.07, 6.45) is -2.59. The highest BCUT2D eigenvalue weighted by atomic mass is 19.4. The first kappa shape index (κ1) is 18.7. The minimum Gasteiger partial charge on any atom is -0.324 e. The SMILES string of the molecule is C[C@@H]1CCCCN1CC(=O)N1c2ccccc2NC(=O)C[C@@H]1C(F)(F)F. The van der Waals surface area contributed by atoms with Crippen LogP contribution in [-0.2, 0) is 9.59 Å². The number of anilines is 2. The maximum Gasteiger partial charge on any atom is 0.409 e. The first-order valence-corrected chi connectivity index (χ1v) is 8.79. The van der Waals surface area contributed by atoms with Gasteiger partial charge in [0, 0.05) is 6.04 Å². The normalized spacial score (nSPS) is 24.6. The predicted molar refractivity (Wildman–Crippen MR) is 91.9 cm³/mol. The van der Waals surface area contributed by atoms with Crippen LogP contribution in [0.2, 0.25) is 0 Å². The lowest BCUT2D eigenvalue weighted by atomic mass is 10.0. The molecule has 0 saturated carbocycles. The number of nitrogens with zero attached hydrogens (tertiary/aromatic N) is 2. The minimum absolute atomic E-state index is 0.0870. The lowest BCUT2D eigenvalue weighted by molar-refractivity contribution is -0.158. The van der Waals surface area contributed by atoms with Gasteiger partial charge in [0.1, 0.15) is 6.04 Å². The highest BCUT2D eigenvalue weighted by Gasteiger charge is 2.49. The zero-order valence-corrected chi connectivity index (χ0v) is 14.6. The molecule has 2 heterocycles. The molecule has 26 heavy (non-hydrogen) atoms. The Balaban J connectivity index is 1.96. The fraction of sp³-hybridized carbons (Fsp3) is 0.556. The van der Waals surface area contributed by atoms with Gasteiger partial charge in [-0.2, -0.15) is 13.2 Å². The Morgan fingerprint density at radius 1 is 1.27 bits per heavy atom. The number of likely N-dealkylation sites (tertiary alicyclic amines) is 1. The maximum atomic E-state index is 13.7. The van der Waals surface area contributed by atoms with Crippen molar-refractivity contribution in [1.29, 1.82) is 0 Å². The number of amides is 2. The molecule has 0 aliphatic carbocycles. The van der Waals surface area contributed by atoms with Crippen molar-refractivity contribution in [2.45, 2.75) is 50.9 Å². The van der Waals surface area contributed by atoms with E-state index in [-0.39, 0.29) is 24.0 Å². The van der Waals surface area contributed by atoms with Crippen LogP contribution in [0.25, 0.3) is 0 Å². The largest absolute Gasteiger partial charge is 0.409 e. The summed E-state index contributed by atoms with van der Waals surface area (Å²) in [7, 11) is 0. The van der Waals surface area contributed by atoms with E-state index in [9.17, 15) is 22.8 Å². The molecule has 1 N–H and O–H groups in total. The van der Waals surface area contributed by atoms with Crippen LogP contribution >= 0.6 is 0 Å². The van der Waals surface area contributed by atoms with Gasteiger partial charge in [0.25, 0.3) is 0 Å². The minimum atomic E-state index is -4.70. The smallest absolute Gasteiger partial charge is 0.324 e. The van der Waals surface area contributed by atoms with Gasteiger partial charge in [-0.3, -0.25) is 19.4 Å². The number of alkyl halides is 3. The third-order valence-electron chi connectivity index (χ3n) is 5.05. The third kappa shape index (κ3) is 3.85. The van der Waals surface area contributed by atoms with Crippen molar-refractivity contribution in [2.75, 3.05) is 23.3 Å². The van der Waals surface area contributed by atoms with Crippen molar-refractivity contribution in [1.82, 2.24) is 4.90 Å². The topological polar surface area (TPSA) is 52.7 Å². The number of nitrogens with one attached hydrogen (secondary N) is 1. The molecule has 3 rings (SSSR count). The van der Waals surface area contributed by atoms with Crippen LogP contribution in [0.1, 0.15) is 32.6 Å². The number of piperidine rings is 1. The van der Waals surface area contributed by atoms with Crippen molar-refractivity contribution >= 4 is 23.2 Å². The van der Waals surface area contributed by atoms with Crippen LogP contribution in [0, 0.1) is 0 Å². The van der Waals surface area contributed by atoms with E-state index >= 15 is 0 Å². The average molecular weight is 369 g/mol. The lowest BCUT2D eigenvalue weighted by Crippen LogP contribution is -2.53. The number of fused-ring (bicyclic) bond motifs is 1. The highest BCUT2D eigenvalue weighted by molar-refractivity contribution is 6.05. The van der Waals surface area contributed by atoms with E-state index in [4.69, 9.17) is 0 Å². The van der Waals surface area contributed by atoms with Crippen molar-refractivity contribution < 1.29 is 22.8 Å². The summed E-state index contributed by atoms with van der Waals surface area (Å²) in [5.74, 6) is -1.38. The van der Waals surface area contributed by atoms with Crippen LogP contribution in [0.4, 0.5) is 24.5 Å². The van der Waals surface area contributed by atoms with Crippen LogP contribution in [0.15, 0.2) is 24.3 Å². The van der Waals surface area contributed by atoms with Gasteiger partial charge in [-0.15, -0.1) is 0 Å². The van der Waals surface area contributed by atoms with Gasteiger partial charge in [-0.25, -0.2) is 0 Å². The lowest BCUT2D eigenvalue weighted by Gasteiger charge is -2.37. The molecule has 2 atom stereocenters. The first-order valence-electron chi connectivity index (χ1n) is 8.79. The molecule has 1 saturated heterocycles. The molecular formula is C18H22F3N3O2. The molecule has 142 valence electrons. The molecule has 1 aromatic carbocycles. The number of carbonyl (C=O) groups is 2. The number of halogens is 3. The van der Waals surface area contributed by atoms with Gasteiger partial charge in [0.15, 0.2) is 0 Å². The highest BCUT2D eigenvalue weighted by Crippen LogP contribution is 2.37. The summed E-state index contributed by atoms with van der Waals surface area (Å²) in [6, 6.07) is 4.11. The molecule has 0 radical (unpaired) electrons. The van der Waals surface area contributed by atoms with Crippen molar-refractivity contribution in [2.24, 2.45) is 0 Å². The zero-order valence-electron chi connectivity index (χ0n) is 14.6. The summed E-state index contributed by atoms with van der Waals surface area (Å²) < 4.78 is 41.0.